The second-order valence-electron chi connectivity index (χ2n) is 6.66. The van der Waals surface area contributed by atoms with E-state index in [9.17, 15) is 8.42 Å². The van der Waals surface area contributed by atoms with Gasteiger partial charge in [-0.05, 0) is 25.5 Å². The monoisotopic (exact) mass is 366 g/mol. The highest BCUT2D eigenvalue weighted by Gasteiger charge is 2.35. The molecule has 0 unspecified atom stereocenters. The van der Waals surface area contributed by atoms with E-state index < -0.39 is 10.0 Å². The number of likely N-dealkylation sites (N-methyl/N-ethyl adjacent to an activating group) is 1. The SMILES string of the molecule is CNCCS(=O)(=O)N1CC[C@@H](C)[C@@H](N(C)c2ncnc3[nH]ccc23)C1. The van der Waals surface area contributed by atoms with Crippen molar-refractivity contribution in [3.05, 3.63) is 18.6 Å². The summed E-state index contributed by atoms with van der Waals surface area (Å²) in [6, 6.07) is 2.03. The predicted octanol–water partition coefficient (Wildman–Crippen LogP) is 0.654. The standard InChI is InChI=1S/C16H26N6O2S/c1-12-5-8-22(25(23,24)9-7-17-2)10-14(12)21(3)16-13-4-6-18-15(13)19-11-20-16/h4,6,11-12,14,17H,5,7-10H2,1-3H3,(H,18,19,20)/t12-,14+/m1/s1. The van der Waals surface area contributed by atoms with Gasteiger partial charge in [-0.25, -0.2) is 18.4 Å². The van der Waals surface area contributed by atoms with Crippen LogP contribution in [-0.4, -0.2) is 73.2 Å². The van der Waals surface area contributed by atoms with Crippen LogP contribution in [0.5, 0.6) is 0 Å². The molecular formula is C16H26N6O2S. The zero-order valence-corrected chi connectivity index (χ0v) is 15.8. The van der Waals surface area contributed by atoms with Crippen molar-refractivity contribution >= 4 is 26.9 Å². The third-order valence-electron chi connectivity index (χ3n) is 5.05. The number of nitrogens with zero attached hydrogens (tertiary/aromatic N) is 4. The molecule has 0 radical (unpaired) electrons. The van der Waals surface area contributed by atoms with Crippen LogP contribution < -0.4 is 10.2 Å². The Hall–Kier alpha value is -1.71. The topological polar surface area (TPSA) is 94.2 Å². The average Bonchev–Trinajstić information content (AvgIpc) is 3.08. The van der Waals surface area contributed by atoms with Crippen LogP contribution in [0.2, 0.25) is 0 Å². The first kappa shape index (κ1) is 18.1. The molecule has 3 heterocycles. The Morgan fingerprint density at radius 1 is 1.44 bits per heavy atom. The van der Waals surface area contributed by atoms with Crippen LogP contribution >= 0.6 is 0 Å². The van der Waals surface area contributed by atoms with Crippen LogP contribution in [0.25, 0.3) is 11.0 Å². The lowest BCUT2D eigenvalue weighted by Crippen LogP contribution is -2.53. The first-order chi connectivity index (χ1) is 11.9. The first-order valence-electron chi connectivity index (χ1n) is 8.57. The van der Waals surface area contributed by atoms with Crippen LogP contribution in [0.3, 0.4) is 0 Å². The minimum absolute atomic E-state index is 0.0751. The molecule has 2 N–H and O–H groups in total. The van der Waals surface area contributed by atoms with Gasteiger partial charge >= 0.3 is 0 Å². The molecule has 2 aromatic rings. The summed E-state index contributed by atoms with van der Waals surface area (Å²) in [7, 11) is 0.507. The number of sulfonamides is 1. The van der Waals surface area contributed by atoms with E-state index in [1.807, 2.05) is 19.3 Å². The summed E-state index contributed by atoms with van der Waals surface area (Å²) in [6.45, 7) is 3.71. The fourth-order valence-electron chi connectivity index (χ4n) is 3.43. The molecule has 138 valence electrons. The van der Waals surface area contributed by atoms with Crippen molar-refractivity contribution in [3.8, 4) is 0 Å². The van der Waals surface area contributed by atoms with Gasteiger partial charge in [0.15, 0.2) is 0 Å². The van der Waals surface area contributed by atoms with Crippen molar-refractivity contribution in [3.63, 3.8) is 0 Å². The van der Waals surface area contributed by atoms with Crippen LogP contribution in [0.4, 0.5) is 5.82 Å². The van der Waals surface area contributed by atoms with E-state index >= 15 is 0 Å². The van der Waals surface area contributed by atoms with Gasteiger partial charge in [0.25, 0.3) is 0 Å². The summed E-state index contributed by atoms with van der Waals surface area (Å²) >= 11 is 0. The lowest BCUT2D eigenvalue weighted by Gasteiger charge is -2.41. The molecule has 0 aliphatic carbocycles. The summed E-state index contributed by atoms with van der Waals surface area (Å²) in [5.41, 5.74) is 0.791. The van der Waals surface area contributed by atoms with E-state index in [0.717, 1.165) is 23.3 Å². The Bertz CT molecular complexity index is 821. The fraction of sp³-hybridized carbons (Fsp3) is 0.625. The summed E-state index contributed by atoms with van der Waals surface area (Å²) in [5, 5.41) is 3.86. The number of aromatic amines is 1. The smallest absolute Gasteiger partial charge is 0.215 e. The lowest BCUT2D eigenvalue weighted by molar-refractivity contribution is 0.247. The minimum Gasteiger partial charge on any atom is -0.354 e. The summed E-state index contributed by atoms with van der Waals surface area (Å²) in [4.78, 5) is 13.9. The van der Waals surface area contributed by atoms with Gasteiger partial charge in [-0.1, -0.05) is 6.92 Å². The molecule has 3 rings (SSSR count). The normalized spacial score (nSPS) is 22.4. The number of piperidine rings is 1. The zero-order chi connectivity index (χ0) is 18.0. The number of hydrogen-bond donors (Lipinski definition) is 2. The molecule has 0 saturated carbocycles. The van der Waals surface area contributed by atoms with Crippen molar-refractivity contribution < 1.29 is 8.42 Å². The second-order valence-corrected chi connectivity index (χ2v) is 8.75. The minimum atomic E-state index is -3.24. The van der Waals surface area contributed by atoms with Gasteiger partial charge in [0.1, 0.15) is 17.8 Å². The molecule has 1 aliphatic rings. The van der Waals surface area contributed by atoms with E-state index in [2.05, 4.69) is 32.1 Å². The van der Waals surface area contributed by atoms with Crippen LogP contribution in [0.15, 0.2) is 18.6 Å². The van der Waals surface area contributed by atoms with Gasteiger partial charge in [-0.3, -0.25) is 0 Å². The van der Waals surface area contributed by atoms with Crippen LogP contribution in [0, 0.1) is 5.92 Å². The van der Waals surface area contributed by atoms with Crippen molar-refractivity contribution in [1.82, 2.24) is 24.6 Å². The Kier molecular flexibility index (Phi) is 5.26. The quantitative estimate of drug-likeness (QED) is 0.780. The molecule has 8 nitrogen and oxygen atoms in total. The lowest BCUT2D eigenvalue weighted by atomic mass is 9.93. The predicted molar refractivity (Wildman–Crippen MR) is 99.1 cm³/mol. The number of rotatable bonds is 6. The molecule has 1 saturated heterocycles. The van der Waals surface area contributed by atoms with Gasteiger partial charge in [-0.15, -0.1) is 0 Å². The molecule has 0 aromatic carbocycles. The molecule has 9 heteroatoms. The summed E-state index contributed by atoms with van der Waals surface area (Å²) in [6.07, 6.45) is 4.23. The molecule has 25 heavy (non-hydrogen) atoms. The molecule has 0 amide bonds. The van der Waals surface area contributed by atoms with E-state index in [1.54, 1.807) is 17.7 Å². The molecule has 2 atom stereocenters. The third-order valence-corrected chi connectivity index (χ3v) is 6.89. The first-order valence-corrected chi connectivity index (χ1v) is 10.2. The molecule has 2 aromatic heterocycles. The van der Waals surface area contributed by atoms with Crippen LogP contribution in [-0.2, 0) is 10.0 Å². The third kappa shape index (κ3) is 3.63. The van der Waals surface area contributed by atoms with E-state index in [-0.39, 0.29) is 11.8 Å². The summed E-state index contributed by atoms with van der Waals surface area (Å²) < 4.78 is 26.8. The highest BCUT2D eigenvalue weighted by atomic mass is 32.2. The van der Waals surface area contributed by atoms with Gasteiger partial charge in [0.05, 0.1) is 11.1 Å². The van der Waals surface area contributed by atoms with Crippen LogP contribution in [0.1, 0.15) is 13.3 Å². The average molecular weight is 366 g/mol. The maximum Gasteiger partial charge on any atom is 0.215 e. The largest absolute Gasteiger partial charge is 0.354 e. The van der Waals surface area contributed by atoms with E-state index in [0.29, 0.717) is 25.6 Å². The molecule has 1 aliphatic heterocycles. The van der Waals surface area contributed by atoms with Gasteiger partial charge < -0.3 is 15.2 Å². The number of H-pyrrole nitrogens is 1. The molecule has 0 spiro atoms. The Morgan fingerprint density at radius 3 is 3.00 bits per heavy atom. The highest BCUT2D eigenvalue weighted by Crippen LogP contribution is 2.29. The fourth-order valence-corrected chi connectivity index (χ4v) is 4.92. The maximum atomic E-state index is 12.6. The molecular weight excluding hydrogens is 340 g/mol. The van der Waals surface area contributed by atoms with Gasteiger partial charge in [0, 0.05) is 38.9 Å². The van der Waals surface area contributed by atoms with E-state index in [1.165, 1.54) is 0 Å². The Morgan fingerprint density at radius 2 is 2.24 bits per heavy atom. The molecule has 0 bridgehead atoms. The number of fused-ring (bicyclic) bond motifs is 1. The van der Waals surface area contributed by atoms with Crippen molar-refractivity contribution in [2.24, 2.45) is 5.92 Å². The van der Waals surface area contributed by atoms with Crippen molar-refractivity contribution in [2.75, 3.05) is 44.4 Å². The summed E-state index contributed by atoms with van der Waals surface area (Å²) in [5.74, 6) is 1.34. The van der Waals surface area contributed by atoms with Crippen molar-refractivity contribution in [2.45, 2.75) is 19.4 Å². The second kappa shape index (κ2) is 7.27. The number of hydrogen-bond acceptors (Lipinski definition) is 6. The molecule has 1 fully saturated rings. The number of aromatic nitrogens is 3. The van der Waals surface area contributed by atoms with E-state index in [4.69, 9.17) is 0 Å². The Labute approximate surface area is 148 Å². The number of nitrogens with one attached hydrogen (secondary N) is 2. The van der Waals surface area contributed by atoms with Gasteiger partial charge in [-0.2, -0.15) is 4.31 Å². The Balaban J connectivity index is 1.83. The number of anilines is 1. The highest BCUT2D eigenvalue weighted by molar-refractivity contribution is 7.89. The zero-order valence-electron chi connectivity index (χ0n) is 14.9. The maximum absolute atomic E-state index is 12.6. The van der Waals surface area contributed by atoms with Crippen molar-refractivity contribution in [1.29, 1.82) is 0 Å². The van der Waals surface area contributed by atoms with Gasteiger partial charge in [0.2, 0.25) is 10.0 Å².